The molecule has 1 aliphatic heterocycles. The molecule has 3 rings (SSSR count). The molecular weight excluding hydrogens is 320 g/mol. The largest absolute Gasteiger partial charge is 0.302 e. The van der Waals surface area contributed by atoms with Gasteiger partial charge in [-0.1, -0.05) is 19.1 Å². The number of likely N-dealkylation sites (N-methyl/N-ethyl adjacent to an activating group) is 1. The molecule has 5 nitrogen and oxygen atoms in total. The molecule has 0 spiro atoms. The molecule has 0 unspecified atom stereocenters. The van der Waals surface area contributed by atoms with Crippen LogP contribution in [0.4, 0.5) is 5.13 Å². The summed E-state index contributed by atoms with van der Waals surface area (Å²) in [6.07, 6.45) is 2.03. The van der Waals surface area contributed by atoms with Gasteiger partial charge in [0.15, 0.2) is 5.13 Å². The molecule has 0 bridgehead atoms. The average molecular weight is 340 g/mol. The summed E-state index contributed by atoms with van der Waals surface area (Å²) in [5.41, 5.74) is 2.82. The van der Waals surface area contributed by atoms with Crippen molar-refractivity contribution < 1.29 is 4.79 Å². The van der Waals surface area contributed by atoms with Crippen molar-refractivity contribution in [3.05, 3.63) is 46.0 Å². The Morgan fingerprint density at radius 3 is 2.92 bits per heavy atom. The first kappa shape index (κ1) is 16.6. The second kappa shape index (κ2) is 7.56. The number of hydrogen-bond donors (Lipinski definition) is 1. The summed E-state index contributed by atoms with van der Waals surface area (Å²) in [4.78, 5) is 20.4. The molecule has 6 heteroatoms. The zero-order chi connectivity index (χ0) is 16.9. The third-order valence-corrected chi connectivity index (χ3v) is 5.23. The van der Waals surface area contributed by atoms with Crippen molar-refractivity contribution in [1.82, 2.24) is 9.88 Å². The molecule has 0 saturated carbocycles. The lowest BCUT2D eigenvalue weighted by molar-refractivity contribution is -0.116. The van der Waals surface area contributed by atoms with E-state index in [1.54, 1.807) is 23.5 Å². The molecule has 0 aliphatic carbocycles. The Morgan fingerprint density at radius 2 is 2.21 bits per heavy atom. The summed E-state index contributed by atoms with van der Waals surface area (Å²) in [6.45, 7) is 5.19. The standard InChI is InChI=1S/C18H20N4OS/c1-2-22-10-9-15-16(12-22)24-18(20-15)21-17(23)8-7-13-3-5-14(11-19)6-4-13/h3-6H,2,7-10,12H2,1H3,(H,20,21,23). The second-order valence-electron chi connectivity index (χ2n) is 5.86. The van der Waals surface area contributed by atoms with Gasteiger partial charge >= 0.3 is 0 Å². The molecule has 1 aromatic carbocycles. The van der Waals surface area contributed by atoms with Crippen molar-refractivity contribution in [2.24, 2.45) is 0 Å². The van der Waals surface area contributed by atoms with Gasteiger partial charge < -0.3 is 5.32 Å². The molecule has 1 aromatic heterocycles. The van der Waals surface area contributed by atoms with Crippen LogP contribution in [0, 0.1) is 11.3 Å². The zero-order valence-corrected chi connectivity index (χ0v) is 14.5. The number of nitrogens with zero attached hydrogens (tertiary/aromatic N) is 3. The fraction of sp³-hybridized carbons (Fsp3) is 0.389. The Morgan fingerprint density at radius 1 is 1.42 bits per heavy atom. The average Bonchev–Trinajstić information content (AvgIpc) is 3.01. The Bertz CT molecular complexity index is 760. The molecule has 0 fully saturated rings. The number of nitriles is 1. The summed E-state index contributed by atoms with van der Waals surface area (Å²) < 4.78 is 0. The smallest absolute Gasteiger partial charge is 0.226 e. The lowest BCUT2D eigenvalue weighted by Gasteiger charge is -2.23. The highest BCUT2D eigenvalue weighted by Crippen LogP contribution is 2.28. The number of fused-ring (bicyclic) bond motifs is 1. The van der Waals surface area contributed by atoms with E-state index in [1.165, 1.54) is 4.88 Å². The van der Waals surface area contributed by atoms with E-state index in [4.69, 9.17) is 5.26 Å². The van der Waals surface area contributed by atoms with Gasteiger partial charge in [0.1, 0.15) is 0 Å². The molecule has 1 aliphatic rings. The monoisotopic (exact) mass is 340 g/mol. The predicted octanol–water partition coefficient (Wildman–Crippen LogP) is 2.96. The zero-order valence-electron chi connectivity index (χ0n) is 13.7. The van der Waals surface area contributed by atoms with Gasteiger partial charge in [0.25, 0.3) is 0 Å². The number of aromatic nitrogens is 1. The number of nitrogens with one attached hydrogen (secondary N) is 1. The third-order valence-electron chi connectivity index (χ3n) is 4.23. The predicted molar refractivity (Wildman–Crippen MR) is 94.9 cm³/mol. The van der Waals surface area contributed by atoms with Gasteiger partial charge in [-0.2, -0.15) is 5.26 Å². The van der Waals surface area contributed by atoms with Gasteiger partial charge in [-0.3, -0.25) is 9.69 Å². The van der Waals surface area contributed by atoms with Gasteiger partial charge in [-0.15, -0.1) is 11.3 Å². The number of carbonyl (C=O) groups is 1. The minimum atomic E-state index is -0.0159. The molecular formula is C18H20N4OS. The molecule has 0 saturated heterocycles. The first-order chi connectivity index (χ1) is 11.7. The van der Waals surface area contributed by atoms with Crippen molar-refractivity contribution in [3.63, 3.8) is 0 Å². The fourth-order valence-corrected chi connectivity index (χ4v) is 3.82. The van der Waals surface area contributed by atoms with Crippen LogP contribution >= 0.6 is 11.3 Å². The van der Waals surface area contributed by atoms with Crippen LogP contribution < -0.4 is 5.32 Å². The molecule has 1 amide bonds. The molecule has 24 heavy (non-hydrogen) atoms. The lowest BCUT2D eigenvalue weighted by atomic mass is 10.1. The van der Waals surface area contributed by atoms with Crippen LogP contribution in [0.2, 0.25) is 0 Å². The highest BCUT2D eigenvalue weighted by atomic mass is 32.1. The number of anilines is 1. The van der Waals surface area contributed by atoms with Crippen LogP contribution in [0.1, 0.15) is 35.0 Å². The number of benzene rings is 1. The SMILES string of the molecule is CCN1CCc2nc(NC(=O)CCc3ccc(C#N)cc3)sc2C1. The van der Waals surface area contributed by atoms with Gasteiger partial charge in [-0.25, -0.2) is 4.98 Å². The second-order valence-corrected chi connectivity index (χ2v) is 6.95. The fourth-order valence-electron chi connectivity index (χ4n) is 2.76. The summed E-state index contributed by atoms with van der Waals surface area (Å²) in [6, 6.07) is 9.44. The van der Waals surface area contributed by atoms with Crippen LogP contribution in [0.15, 0.2) is 24.3 Å². The molecule has 1 N–H and O–H groups in total. The molecule has 124 valence electrons. The third kappa shape index (κ3) is 3.99. The Hall–Kier alpha value is -2.23. The normalized spacial score (nSPS) is 14.0. The molecule has 0 radical (unpaired) electrons. The number of thiazole rings is 1. The van der Waals surface area contributed by atoms with E-state index in [-0.39, 0.29) is 5.91 Å². The van der Waals surface area contributed by atoms with Crippen molar-refractivity contribution in [3.8, 4) is 6.07 Å². The highest BCUT2D eigenvalue weighted by Gasteiger charge is 2.20. The Kier molecular flexibility index (Phi) is 5.24. The maximum Gasteiger partial charge on any atom is 0.226 e. The van der Waals surface area contributed by atoms with E-state index >= 15 is 0 Å². The summed E-state index contributed by atoms with van der Waals surface area (Å²) in [7, 11) is 0. The summed E-state index contributed by atoms with van der Waals surface area (Å²) in [5.74, 6) is -0.0159. The number of carbonyl (C=O) groups excluding carboxylic acids is 1. The molecule has 0 atom stereocenters. The minimum Gasteiger partial charge on any atom is -0.302 e. The Labute approximate surface area is 145 Å². The van der Waals surface area contributed by atoms with E-state index in [2.05, 4.69) is 28.2 Å². The van der Waals surface area contributed by atoms with Crippen LogP contribution in [-0.4, -0.2) is 28.9 Å². The van der Waals surface area contributed by atoms with Crippen molar-refractivity contribution in [2.45, 2.75) is 32.7 Å². The first-order valence-corrected chi connectivity index (χ1v) is 8.99. The van der Waals surface area contributed by atoms with E-state index in [1.807, 2.05) is 12.1 Å². The van der Waals surface area contributed by atoms with Crippen molar-refractivity contribution in [2.75, 3.05) is 18.4 Å². The van der Waals surface area contributed by atoms with Crippen LogP contribution in [0.3, 0.4) is 0 Å². The van der Waals surface area contributed by atoms with E-state index in [0.717, 1.165) is 37.3 Å². The summed E-state index contributed by atoms with van der Waals surface area (Å²) in [5, 5.41) is 12.4. The minimum absolute atomic E-state index is 0.0159. The van der Waals surface area contributed by atoms with Gasteiger partial charge in [0.05, 0.1) is 17.3 Å². The van der Waals surface area contributed by atoms with Crippen LogP contribution in [0.5, 0.6) is 0 Å². The van der Waals surface area contributed by atoms with Crippen LogP contribution in [0.25, 0.3) is 0 Å². The topological polar surface area (TPSA) is 69.0 Å². The van der Waals surface area contributed by atoms with Gasteiger partial charge in [0, 0.05) is 30.8 Å². The van der Waals surface area contributed by atoms with Gasteiger partial charge in [-0.05, 0) is 30.7 Å². The molecule has 2 heterocycles. The van der Waals surface area contributed by atoms with E-state index < -0.39 is 0 Å². The van der Waals surface area contributed by atoms with E-state index in [0.29, 0.717) is 23.5 Å². The molecule has 2 aromatic rings. The highest BCUT2D eigenvalue weighted by molar-refractivity contribution is 7.15. The summed E-state index contributed by atoms with van der Waals surface area (Å²) >= 11 is 1.59. The Balaban J connectivity index is 1.53. The number of aryl methyl sites for hydroxylation is 1. The first-order valence-electron chi connectivity index (χ1n) is 8.17. The van der Waals surface area contributed by atoms with Crippen LogP contribution in [-0.2, 0) is 24.2 Å². The van der Waals surface area contributed by atoms with Gasteiger partial charge in [0.2, 0.25) is 5.91 Å². The van der Waals surface area contributed by atoms with E-state index in [9.17, 15) is 4.79 Å². The number of amides is 1. The quantitative estimate of drug-likeness (QED) is 0.908. The van der Waals surface area contributed by atoms with Crippen molar-refractivity contribution in [1.29, 1.82) is 5.26 Å². The number of rotatable bonds is 5. The lowest BCUT2D eigenvalue weighted by Crippen LogP contribution is -2.29. The number of hydrogen-bond acceptors (Lipinski definition) is 5. The maximum absolute atomic E-state index is 12.1. The van der Waals surface area contributed by atoms with Crippen molar-refractivity contribution >= 4 is 22.4 Å². The maximum atomic E-state index is 12.1.